The van der Waals surface area contributed by atoms with E-state index in [2.05, 4.69) is 40.0 Å². The summed E-state index contributed by atoms with van der Waals surface area (Å²) in [6.45, 7) is 4.07. The van der Waals surface area contributed by atoms with Crippen LogP contribution in [0, 0.1) is 13.8 Å². The normalized spacial score (nSPS) is 17.0. The molecule has 0 radical (unpaired) electrons. The first-order valence-corrected chi connectivity index (χ1v) is 9.05. The van der Waals surface area contributed by atoms with Crippen molar-refractivity contribution < 1.29 is 4.79 Å². The molecule has 2 aromatic heterocycles. The van der Waals surface area contributed by atoms with Crippen LogP contribution in [0.3, 0.4) is 0 Å². The van der Waals surface area contributed by atoms with Crippen molar-refractivity contribution in [3.8, 4) is 16.8 Å². The molecule has 3 heterocycles. The van der Waals surface area contributed by atoms with Crippen LogP contribution in [0.1, 0.15) is 40.2 Å². The van der Waals surface area contributed by atoms with Gasteiger partial charge in [-0.05, 0) is 56.0 Å². The second-order valence-electron chi connectivity index (χ2n) is 7.54. The number of aryl methyl sites for hydroxylation is 2. The van der Waals surface area contributed by atoms with Crippen LogP contribution in [0.4, 0.5) is 0 Å². The van der Waals surface area contributed by atoms with Gasteiger partial charge in [0.25, 0.3) is 5.91 Å². The maximum absolute atomic E-state index is 13.1. The molecule has 3 aromatic rings. The number of benzene rings is 1. The highest BCUT2D eigenvalue weighted by Gasteiger charge is 2.53. The molecule has 0 atom stereocenters. The second-order valence-corrected chi connectivity index (χ2v) is 7.54. The van der Waals surface area contributed by atoms with E-state index in [9.17, 15) is 4.79 Å². The fourth-order valence-corrected chi connectivity index (χ4v) is 4.31. The number of carbonyl (C=O) groups is 1. The molecule has 26 heavy (non-hydrogen) atoms. The highest BCUT2D eigenvalue weighted by molar-refractivity contribution is 5.96. The molecular weight excluding hydrogens is 322 g/mol. The molecule has 4 nitrogen and oxygen atoms in total. The zero-order chi connectivity index (χ0) is 18.1. The monoisotopic (exact) mass is 343 g/mol. The minimum atomic E-state index is -0.151. The van der Waals surface area contributed by atoms with E-state index in [1.807, 2.05) is 44.1 Å². The van der Waals surface area contributed by atoms with E-state index in [4.69, 9.17) is 0 Å². The van der Waals surface area contributed by atoms with Gasteiger partial charge in [0.05, 0.1) is 11.2 Å². The summed E-state index contributed by atoms with van der Waals surface area (Å²) in [4.78, 5) is 19.5. The molecule has 0 saturated heterocycles. The first-order chi connectivity index (χ1) is 12.5. The number of pyridine rings is 1. The molecule has 0 bridgehead atoms. The molecule has 1 amide bonds. The summed E-state index contributed by atoms with van der Waals surface area (Å²) in [7, 11) is 1.94. The predicted molar refractivity (Wildman–Crippen MR) is 101 cm³/mol. The number of amides is 1. The van der Waals surface area contributed by atoms with Crippen LogP contribution in [-0.2, 0) is 5.54 Å². The number of carbonyl (C=O) groups excluding carboxylic acids is 1. The summed E-state index contributed by atoms with van der Waals surface area (Å²) < 4.78 is 2.08. The molecule has 1 aromatic carbocycles. The van der Waals surface area contributed by atoms with Gasteiger partial charge in [-0.1, -0.05) is 18.2 Å². The van der Waals surface area contributed by atoms with E-state index in [0.29, 0.717) is 0 Å². The van der Waals surface area contributed by atoms with Gasteiger partial charge >= 0.3 is 0 Å². The lowest BCUT2D eigenvalue weighted by molar-refractivity contribution is 0.0705. The van der Waals surface area contributed by atoms with E-state index in [1.165, 1.54) is 5.56 Å². The molecule has 1 fully saturated rings. The van der Waals surface area contributed by atoms with Gasteiger partial charge in [-0.15, -0.1) is 0 Å². The molecule has 1 aliphatic carbocycles. The van der Waals surface area contributed by atoms with Crippen molar-refractivity contribution in [1.82, 2.24) is 14.5 Å². The smallest absolute Gasteiger partial charge is 0.271 e. The van der Waals surface area contributed by atoms with Crippen molar-refractivity contribution in [3.05, 3.63) is 71.3 Å². The Morgan fingerprint density at radius 1 is 1.12 bits per heavy atom. The van der Waals surface area contributed by atoms with Crippen LogP contribution < -0.4 is 0 Å². The standard InChI is InChI=1S/C22H21N3O/c1-14-11-20-21(26)24(3)22(8-9-22)18-7-6-16(12-19(18)25(20)13-14)17-5-4-10-23-15(17)2/h4-7,10-13H,8-9H2,1-3H3. The third-order valence-corrected chi connectivity index (χ3v) is 5.92. The summed E-state index contributed by atoms with van der Waals surface area (Å²) in [5, 5.41) is 0. The van der Waals surface area contributed by atoms with Crippen molar-refractivity contribution in [1.29, 1.82) is 0 Å². The van der Waals surface area contributed by atoms with Crippen LogP contribution >= 0.6 is 0 Å². The number of hydrogen-bond acceptors (Lipinski definition) is 2. The quantitative estimate of drug-likeness (QED) is 0.663. The van der Waals surface area contributed by atoms with Crippen LogP contribution in [0.15, 0.2) is 48.8 Å². The zero-order valence-electron chi connectivity index (χ0n) is 15.3. The minimum Gasteiger partial charge on any atom is -0.331 e. The average Bonchev–Trinajstić information content (AvgIpc) is 3.36. The molecule has 5 rings (SSSR count). The predicted octanol–water partition coefficient (Wildman–Crippen LogP) is 4.23. The number of hydrogen-bond donors (Lipinski definition) is 0. The molecule has 1 aliphatic heterocycles. The molecule has 1 saturated carbocycles. The van der Waals surface area contributed by atoms with Gasteiger partial charge in [0.1, 0.15) is 5.69 Å². The maximum Gasteiger partial charge on any atom is 0.271 e. The Morgan fingerprint density at radius 2 is 1.92 bits per heavy atom. The average molecular weight is 343 g/mol. The van der Waals surface area contributed by atoms with Crippen LogP contribution in [0.2, 0.25) is 0 Å². The molecule has 130 valence electrons. The highest BCUT2D eigenvalue weighted by Crippen LogP contribution is 2.54. The summed E-state index contributed by atoms with van der Waals surface area (Å²) in [6, 6.07) is 12.7. The Bertz CT molecular complexity index is 1060. The summed E-state index contributed by atoms with van der Waals surface area (Å²) in [5.74, 6) is 0.103. The van der Waals surface area contributed by atoms with E-state index in [0.717, 1.165) is 46.6 Å². The zero-order valence-corrected chi connectivity index (χ0v) is 15.3. The van der Waals surface area contributed by atoms with Gasteiger partial charge in [0.15, 0.2) is 0 Å². The third kappa shape index (κ3) is 1.96. The summed E-state index contributed by atoms with van der Waals surface area (Å²) in [5.41, 5.74) is 7.34. The van der Waals surface area contributed by atoms with Gasteiger partial charge in [0.2, 0.25) is 0 Å². The van der Waals surface area contributed by atoms with E-state index < -0.39 is 0 Å². The fraction of sp³-hybridized carbons (Fsp3) is 0.273. The lowest BCUT2D eigenvalue weighted by Crippen LogP contribution is -2.36. The molecule has 0 N–H and O–H groups in total. The molecule has 4 heteroatoms. The first kappa shape index (κ1) is 15.4. The number of aromatic nitrogens is 2. The van der Waals surface area contributed by atoms with Crippen molar-refractivity contribution >= 4 is 5.91 Å². The van der Waals surface area contributed by atoms with E-state index in [-0.39, 0.29) is 11.4 Å². The van der Waals surface area contributed by atoms with Crippen LogP contribution in [0.5, 0.6) is 0 Å². The van der Waals surface area contributed by atoms with Crippen LogP contribution in [-0.4, -0.2) is 27.4 Å². The molecular formula is C22H21N3O. The second kappa shape index (κ2) is 5.07. The molecule has 1 spiro atoms. The van der Waals surface area contributed by atoms with E-state index in [1.54, 1.807) is 0 Å². The molecule has 2 aliphatic rings. The number of nitrogens with zero attached hydrogens (tertiary/aromatic N) is 3. The Morgan fingerprint density at radius 3 is 2.65 bits per heavy atom. The fourth-order valence-electron chi connectivity index (χ4n) is 4.31. The van der Waals surface area contributed by atoms with Crippen molar-refractivity contribution in [2.24, 2.45) is 0 Å². The molecule has 0 unspecified atom stereocenters. The van der Waals surface area contributed by atoms with Gasteiger partial charge < -0.3 is 9.47 Å². The lowest BCUT2D eigenvalue weighted by atomic mass is 9.96. The highest BCUT2D eigenvalue weighted by atomic mass is 16.2. The topological polar surface area (TPSA) is 38.1 Å². The summed E-state index contributed by atoms with van der Waals surface area (Å²) >= 11 is 0. The Kier molecular flexibility index (Phi) is 3.00. The van der Waals surface area contributed by atoms with Crippen molar-refractivity contribution in [2.45, 2.75) is 32.2 Å². The van der Waals surface area contributed by atoms with Gasteiger partial charge in [-0.2, -0.15) is 0 Å². The van der Waals surface area contributed by atoms with E-state index >= 15 is 0 Å². The van der Waals surface area contributed by atoms with Crippen molar-refractivity contribution in [2.75, 3.05) is 7.05 Å². The SMILES string of the molecule is Cc1cc2n(c1)-c1cc(-c3cccnc3C)ccc1C1(CC1)N(C)C2=O. The van der Waals surface area contributed by atoms with Crippen molar-refractivity contribution in [3.63, 3.8) is 0 Å². The Labute approximate surface area is 153 Å². The van der Waals surface area contributed by atoms with Gasteiger partial charge in [-0.25, -0.2) is 0 Å². The number of fused-ring (bicyclic) bond motifs is 4. The minimum absolute atomic E-state index is 0.103. The van der Waals surface area contributed by atoms with Crippen LogP contribution in [0.25, 0.3) is 16.8 Å². The summed E-state index contributed by atoms with van der Waals surface area (Å²) in [6.07, 6.45) is 5.94. The number of rotatable bonds is 1. The van der Waals surface area contributed by atoms with Gasteiger partial charge in [-0.3, -0.25) is 9.78 Å². The lowest BCUT2D eigenvalue weighted by Gasteiger charge is -2.27. The maximum atomic E-state index is 13.1. The largest absolute Gasteiger partial charge is 0.331 e. The van der Waals surface area contributed by atoms with Gasteiger partial charge in [0, 0.05) is 36.3 Å². The Balaban J connectivity index is 1.80. The third-order valence-electron chi connectivity index (χ3n) is 5.92. The first-order valence-electron chi connectivity index (χ1n) is 9.05. The Hall–Kier alpha value is -2.88.